The lowest BCUT2D eigenvalue weighted by Crippen LogP contribution is -2.07. The number of carboxylic acid groups (broad SMARTS) is 1. The van der Waals surface area contributed by atoms with Crippen LogP contribution in [0.2, 0.25) is 0 Å². The van der Waals surface area contributed by atoms with Crippen molar-refractivity contribution < 1.29 is 14.4 Å². The molecule has 2 heterocycles. The van der Waals surface area contributed by atoms with Gasteiger partial charge in [-0.05, 0) is 13.0 Å². The monoisotopic (exact) mass is 257 g/mol. The fourth-order valence-corrected chi connectivity index (χ4v) is 2.10. The Morgan fingerprint density at radius 1 is 1.42 bits per heavy atom. The number of rotatable bonds is 3. The first-order chi connectivity index (χ1) is 9.15. The molecule has 0 atom stereocenters. The number of benzene rings is 1. The summed E-state index contributed by atoms with van der Waals surface area (Å²) >= 11 is 0. The second-order valence-electron chi connectivity index (χ2n) is 4.23. The Balaban J connectivity index is 2.22. The van der Waals surface area contributed by atoms with E-state index in [2.05, 4.69) is 10.1 Å². The Morgan fingerprint density at radius 2 is 2.21 bits per heavy atom. The van der Waals surface area contributed by atoms with Crippen molar-refractivity contribution in [3.63, 3.8) is 0 Å². The smallest absolute Gasteiger partial charge is 0.323 e. The van der Waals surface area contributed by atoms with Crippen LogP contribution in [0, 0.1) is 6.92 Å². The van der Waals surface area contributed by atoms with Gasteiger partial charge in [-0.25, -0.2) is 0 Å². The van der Waals surface area contributed by atoms with Crippen molar-refractivity contribution in [2.24, 2.45) is 0 Å². The fraction of sp³-hybridized carbons (Fsp3) is 0.154. The van der Waals surface area contributed by atoms with Gasteiger partial charge in [0.2, 0.25) is 0 Å². The molecule has 0 aliphatic heterocycles. The van der Waals surface area contributed by atoms with Crippen LogP contribution in [0.15, 0.2) is 35.0 Å². The molecule has 96 valence electrons. The topological polar surface area (TPSA) is 81.2 Å². The second-order valence-corrected chi connectivity index (χ2v) is 4.23. The van der Waals surface area contributed by atoms with Gasteiger partial charge >= 0.3 is 5.97 Å². The van der Waals surface area contributed by atoms with Crippen LogP contribution >= 0.6 is 0 Å². The number of carbonyl (C=O) groups is 1. The molecule has 0 radical (unpaired) electrons. The van der Waals surface area contributed by atoms with Gasteiger partial charge in [-0.15, -0.1) is 0 Å². The van der Waals surface area contributed by atoms with Crippen LogP contribution in [0.25, 0.3) is 22.4 Å². The van der Waals surface area contributed by atoms with E-state index in [0.29, 0.717) is 11.7 Å². The number of nitrogens with zero attached hydrogens (tertiary/aromatic N) is 3. The molecule has 0 spiro atoms. The van der Waals surface area contributed by atoms with Gasteiger partial charge in [0.05, 0.1) is 5.56 Å². The zero-order valence-corrected chi connectivity index (χ0v) is 10.2. The minimum Gasteiger partial charge on any atom is -0.480 e. The normalized spacial score (nSPS) is 11.0. The standard InChI is InChI=1S/C13H11N3O3/c1-8-14-13(19-15-8)10-6-16(7-12(17)18)11-5-3-2-4-9(10)11/h2-6H,7H2,1H3,(H,17,18). The Hall–Kier alpha value is -2.63. The molecule has 0 saturated carbocycles. The van der Waals surface area contributed by atoms with Crippen molar-refractivity contribution in [1.29, 1.82) is 0 Å². The van der Waals surface area contributed by atoms with Gasteiger partial charge in [-0.2, -0.15) is 4.98 Å². The average molecular weight is 257 g/mol. The van der Waals surface area contributed by atoms with E-state index < -0.39 is 5.97 Å². The average Bonchev–Trinajstić information content (AvgIpc) is 2.94. The van der Waals surface area contributed by atoms with Gasteiger partial charge in [0.15, 0.2) is 5.82 Å². The third-order valence-electron chi connectivity index (χ3n) is 2.85. The summed E-state index contributed by atoms with van der Waals surface area (Å²) in [7, 11) is 0. The summed E-state index contributed by atoms with van der Waals surface area (Å²) in [6, 6.07) is 7.53. The minimum atomic E-state index is -0.894. The molecule has 6 nitrogen and oxygen atoms in total. The number of hydrogen-bond donors (Lipinski definition) is 1. The van der Waals surface area contributed by atoms with Gasteiger partial charge in [-0.3, -0.25) is 4.79 Å². The summed E-state index contributed by atoms with van der Waals surface area (Å²) < 4.78 is 6.81. The number of hydrogen-bond acceptors (Lipinski definition) is 4. The molecule has 19 heavy (non-hydrogen) atoms. The summed E-state index contributed by atoms with van der Waals surface area (Å²) in [6.07, 6.45) is 1.73. The molecule has 0 amide bonds. The van der Waals surface area contributed by atoms with Crippen molar-refractivity contribution in [2.45, 2.75) is 13.5 Å². The molecular weight excluding hydrogens is 246 g/mol. The summed E-state index contributed by atoms with van der Waals surface area (Å²) in [4.78, 5) is 15.1. The molecular formula is C13H11N3O3. The highest BCUT2D eigenvalue weighted by Gasteiger charge is 2.15. The van der Waals surface area contributed by atoms with Gasteiger partial charge in [0.25, 0.3) is 5.89 Å². The lowest BCUT2D eigenvalue weighted by Gasteiger charge is -1.99. The van der Waals surface area contributed by atoms with Gasteiger partial charge < -0.3 is 14.2 Å². The molecule has 1 aromatic carbocycles. The van der Waals surface area contributed by atoms with Gasteiger partial charge in [0, 0.05) is 17.1 Å². The Morgan fingerprint density at radius 3 is 2.89 bits per heavy atom. The van der Waals surface area contributed by atoms with Crippen molar-refractivity contribution in [1.82, 2.24) is 14.7 Å². The summed E-state index contributed by atoms with van der Waals surface area (Å²) in [5.74, 6) is 0.0527. The number of aliphatic carboxylic acids is 1. The first-order valence-electron chi connectivity index (χ1n) is 5.75. The molecule has 0 aliphatic rings. The number of carboxylic acids is 1. The largest absolute Gasteiger partial charge is 0.480 e. The quantitative estimate of drug-likeness (QED) is 0.776. The van der Waals surface area contributed by atoms with Crippen molar-refractivity contribution in [2.75, 3.05) is 0 Å². The van der Waals surface area contributed by atoms with E-state index in [1.807, 2.05) is 24.3 Å². The van der Waals surface area contributed by atoms with Gasteiger partial charge in [-0.1, -0.05) is 23.4 Å². The maximum absolute atomic E-state index is 10.9. The number of fused-ring (bicyclic) bond motifs is 1. The lowest BCUT2D eigenvalue weighted by atomic mass is 10.2. The summed E-state index contributed by atoms with van der Waals surface area (Å²) in [6.45, 7) is 1.64. The molecule has 6 heteroatoms. The number of aromatic nitrogens is 3. The summed E-state index contributed by atoms with van der Waals surface area (Å²) in [5.41, 5.74) is 1.58. The fourth-order valence-electron chi connectivity index (χ4n) is 2.10. The molecule has 0 aliphatic carbocycles. The van der Waals surface area contributed by atoms with Crippen molar-refractivity contribution in [3.05, 3.63) is 36.3 Å². The first kappa shape index (κ1) is 11.5. The molecule has 3 aromatic rings. The molecule has 1 N–H and O–H groups in total. The maximum atomic E-state index is 10.9. The molecule has 0 unspecified atom stereocenters. The summed E-state index contributed by atoms with van der Waals surface area (Å²) in [5, 5.41) is 13.6. The van der Waals surface area contributed by atoms with E-state index in [-0.39, 0.29) is 6.54 Å². The predicted molar refractivity (Wildman–Crippen MR) is 67.6 cm³/mol. The highest BCUT2D eigenvalue weighted by molar-refractivity contribution is 5.94. The highest BCUT2D eigenvalue weighted by Crippen LogP contribution is 2.29. The Kier molecular flexibility index (Phi) is 2.56. The van der Waals surface area contributed by atoms with Crippen molar-refractivity contribution >= 4 is 16.9 Å². The lowest BCUT2D eigenvalue weighted by molar-refractivity contribution is -0.137. The van der Waals surface area contributed by atoms with E-state index in [1.165, 1.54) is 0 Å². The molecule has 2 aromatic heterocycles. The van der Waals surface area contributed by atoms with E-state index >= 15 is 0 Å². The molecule has 0 fully saturated rings. The van der Waals surface area contributed by atoms with Crippen molar-refractivity contribution in [3.8, 4) is 11.5 Å². The Bertz CT molecular complexity index is 757. The van der Waals surface area contributed by atoms with E-state index in [9.17, 15) is 4.79 Å². The third-order valence-corrected chi connectivity index (χ3v) is 2.85. The number of aryl methyl sites for hydroxylation is 1. The van der Waals surface area contributed by atoms with E-state index in [4.69, 9.17) is 9.63 Å². The van der Waals surface area contributed by atoms with Crippen LogP contribution in [0.4, 0.5) is 0 Å². The van der Waals surface area contributed by atoms with Crippen LogP contribution < -0.4 is 0 Å². The van der Waals surface area contributed by atoms with Crippen LogP contribution in [0.3, 0.4) is 0 Å². The van der Waals surface area contributed by atoms with E-state index in [0.717, 1.165) is 16.5 Å². The minimum absolute atomic E-state index is 0.104. The molecule has 3 rings (SSSR count). The second kappa shape index (κ2) is 4.24. The molecule has 0 saturated heterocycles. The maximum Gasteiger partial charge on any atom is 0.323 e. The van der Waals surface area contributed by atoms with E-state index in [1.54, 1.807) is 17.7 Å². The zero-order valence-electron chi connectivity index (χ0n) is 10.2. The van der Waals surface area contributed by atoms with Crippen LogP contribution in [-0.4, -0.2) is 25.8 Å². The van der Waals surface area contributed by atoms with Crippen LogP contribution in [0.1, 0.15) is 5.82 Å². The number of para-hydroxylation sites is 1. The van der Waals surface area contributed by atoms with Gasteiger partial charge in [0.1, 0.15) is 6.54 Å². The Labute approximate surface area is 108 Å². The van der Waals surface area contributed by atoms with Crippen LogP contribution in [0.5, 0.6) is 0 Å². The SMILES string of the molecule is Cc1noc(-c2cn(CC(=O)O)c3ccccc23)n1. The molecule has 0 bridgehead atoms. The third kappa shape index (κ3) is 1.97. The van der Waals surface area contributed by atoms with Crippen LogP contribution in [-0.2, 0) is 11.3 Å². The highest BCUT2D eigenvalue weighted by atomic mass is 16.5. The zero-order chi connectivity index (χ0) is 13.4. The first-order valence-corrected chi connectivity index (χ1v) is 5.75. The predicted octanol–water partition coefficient (Wildman–Crippen LogP) is 2.08.